The fourth-order valence-electron chi connectivity index (χ4n) is 1.54. The van der Waals surface area contributed by atoms with Gasteiger partial charge in [0.1, 0.15) is 0 Å². The highest BCUT2D eigenvalue weighted by molar-refractivity contribution is 5.69. The topological polar surface area (TPSA) is 124 Å². The van der Waals surface area contributed by atoms with Gasteiger partial charge in [-0.2, -0.15) is 0 Å². The van der Waals surface area contributed by atoms with Crippen LogP contribution in [0, 0.1) is 0 Å². The molecule has 0 radical (unpaired) electrons. The van der Waals surface area contributed by atoms with Crippen LogP contribution in [0.5, 0.6) is 0 Å². The maximum atomic E-state index is 11.0. The molecule has 1 unspecified atom stereocenters. The number of carbonyl (C=O) groups excluding carboxylic acids is 1. The Labute approximate surface area is 138 Å². The van der Waals surface area contributed by atoms with Crippen molar-refractivity contribution in [2.45, 2.75) is 70.8 Å². The van der Waals surface area contributed by atoms with Crippen LogP contribution >= 0.6 is 0 Å². The van der Waals surface area contributed by atoms with Gasteiger partial charge in [0, 0.05) is 32.5 Å². The van der Waals surface area contributed by atoms with Gasteiger partial charge in [-0.25, -0.2) is 0 Å². The third kappa shape index (κ3) is 26.1. The first kappa shape index (κ1) is 24.1. The molecule has 0 aromatic rings. The van der Waals surface area contributed by atoms with Crippen LogP contribution in [0.4, 0.5) is 0 Å². The standard InChI is InChI=1S/C10H18O5.C6H14O2/c1-8(11)6-7-15-10(14)5-3-2-4-9(12)13;7-5-3-1-2-4-6-8/h8,11H,2-7H2,1H3,(H,12,13);7-8H,1-6H2. The van der Waals surface area contributed by atoms with Gasteiger partial charge in [0.15, 0.2) is 0 Å². The summed E-state index contributed by atoms with van der Waals surface area (Å²) in [6, 6.07) is 0. The number of esters is 1. The summed E-state index contributed by atoms with van der Waals surface area (Å²) in [5, 5.41) is 33.8. The van der Waals surface area contributed by atoms with Crippen molar-refractivity contribution in [3.05, 3.63) is 0 Å². The van der Waals surface area contributed by atoms with Gasteiger partial charge in [-0.3, -0.25) is 9.59 Å². The Bertz CT molecular complexity index is 274. The lowest BCUT2D eigenvalue weighted by Gasteiger charge is -2.05. The maximum Gasteiger partial charge on any atom is 0.305 e. The van der Waals surface area contributed by atoms with Gasteiger partial charge in [-0.1, -0.05) is 12.8 Å². The summed E-state index contributed by atoms with van der Waals surface area (Å²) in [6.45, 7) is 2.41. The van der Waals surface area contributed by atoms with Crippen LogP contribution in [0.3, 0.4) is 0 Å². The number of carboxylic acid groups (broad SMARTS) is 1. The number of unbranched alkanes of at least 4 members (excludes halogenated alkanes) is 4. The first-order chi connectivity index (χ1) is 10.9. The van der Waals surface area contributed by atoms with Crippen molar-refractivity contribution < 1.29 is 34.8 Å². The monoisotopic (exact) mass is 336 g/mol. The van der Waals surface area contributed by atoms with Gasteiger partial charge >= 0.3 is 11.9 Å². The van der Waals surface area contributed by atoms with Gasteiger partial charge in [-0.15, -0.1) is 0 Å². The molecule has 138 valence electrons. The third-order valence-corrected chi connectivity index (χ3v) is 2.89. The lowest BCUT2D eigenvalue weighted by atomic mass is 10.2. The smallest absolute Gasteiger partial charge is 0.305 e. The van der Waals surface area contributed by atoms with Crippen molar-refractivity contribution in [1.29, 1.82) is 0 Å². The number of aliphatic hydroxyl groups is 3. The lowest BCUT2D eigenvalue weighted by Crippen LogP contribution is -2.10. The predicted molar refractivity (Wildman–Crippen MR) is 86.0 cm³/mol. The zero-order valence-corrected chi connectivity index (χ0v) is 14.1. The normalized spacial score (nSPS) is 11.3. The Morgan fingerprint density at radius 3 is 1.87 bits per heavy atom. The molecular weight excluding hydrogens is 304 g/mol. The highest BCUT2D eigenvalue weighted by Gasteiger charge is 2.04. The molecule has 0 fully saturated rings. The average molecular weight is 336 g/mol. The molecule has 0 aliphatic carbocycles. The molecule has 0 saturated carbocycles. The second-order valence-corrected chi connectivity index (χ2v) is 5.32. The van der Waals surface area contributed by atoms with Crippen LogP contribution < -0.4 is 0 Å². The molecule has 0 amide bonds. The minimum Gasteiger partial charge on any atom is -0.481 e. The van der Waals surface area contributed by atoms with E-state index in [0.29, 0.717) is 19.3 Å². The van der Waals surface area contributed by atoms with Crippen molar-refractivity contribution in [3.8, 4) is 0 Å². The van der Waals surface area contributed by atoms with E-state index in [1.54, 1.807) is 6.92 Å². The molecule has 0 aromatic carbocycles. The Morgan fingerprint density at radius 1 is 0.913 bits per heavy atom. The van der Waals surface area contributed by atoms with E-state index in [1.165, 1.54) is 0 Å². The Kier molecular flexibility index (Phi) is 19.8. The first-order valence-electron chi connectivity index (χ1n) is 8.21. The molecule has 1 atom stereocenters. The number of hydrogen-bond acceptors (Lipinski definition) is 6. The number of rotatable bonds is 13. The second kappa shape index (κ2) is 18.9. The highest BCUT2D eigenvalue weighted by atomic mass is 16.5. The SMILES string of the molecule is CC(O)CCOC(=O)CCCCC(=O)O.OCCCCCCO. The van der Waals surface area contributed by atoms with E-state index in [1.807, 2.05) is 0 Å². The molecule has 0 aliphatic rings. The second-order valence-electron chi connectivity index (χ2n) is 5.32. The predicted octanol–water partition coefficient (Wildman–Crippen LogP) is 1.48. The number of aliphatic carboxylic acids is 1. The van der Waals surface area contributed by atoms with Crippen molar-refractivity contribution >= 4 is 11.9 Å². The van der Waals surface area contributed by atoms with Gasteiger partial charge in [-0.05, 0) is 32.6 Å². The van der Waals surface area contributed by atoms with Gasteiger partial charge in [0.2, 0.25) is 0 Å². The Balaban J connectivity index is 0. The molecular formula is C16H32O7. The number of carboxylic acids is 1. The van der Waals surface area contributed by atoms with E-state index in [9.17, 15) is 9.59 Å². The molecule has 0 aromatic heterocycles. The average Bonchev–Trinajstić information content (AvgIpc) is 2.48. The molecule has 0 bridgehead atoms. The molecule has 0 aliphatic heterocycles. The Hall–Kier alpha value is -1.18. The molecule has 4 N–H and O–H groups in total. The molecule has 0 heterocycles. The van der Waals surface area contributed by atoms with Gasteiger partial charge in [0.25, 0.3) is 0 Å². The van der Waals surface area contributed by atoms with E-state index >= 15 is 0 Å². The van der Waals surface area contributed by atoms with Crippen LogP contribution in [0.1, 0.15) is 64.7 Å². The highest BCUT2D eigenvalue weighted by Crippen LogP contribution is 2.02. The molecule has 0 saturated heterocycles. The van der Waals surface area contributed by atoms with Crippen molar-refractivity contribution in [2.24, 2.45) is 0 Å². The van der Waals surface area contributed by atoms with Gasteiger partial charge in [0.05, 0.1) is 12.7 Å². The quantitative estimate of drug-likeness (QED) is 0.296. The number of carbonyl (C=O) groups is 2. The summed E-state index contributed by atoms with van der Waals surface area (Å²) in [6.07, 6.45) is 5.13. The minimum atomic E-state index is -0.850. The van der Waals surface area contributed by atoms with Crippen LogP contribution in [0.25, 0.3) is 0 Å². The van der Waals surface area contributed by atoms with Crippen LogP contribution in [-0.4, -0.2) is 58.3 Å². The summed E-state index contributed by atoms with van der Waals surface area (Å²) in [5.74, 6) is -1.18. The van der Waals surface area contributed by atoms with E-state index in [2.05, 4.69) is 0 Å². The first-order valence-corrected chi connectivity index (χ1v) is 8.21. The van der Waals surface area contributed by atoms with Crippen molar-refractivity contribution in [3.63, 3.8) is 0 Å². The number of aliphatic hydroxyl groups excluding tert-OH is 3. The van der Waals surface area contributed by atoms with Crippen molar-refractivity contribution in [2.75, 3.05) is 19.8 Å². The molecule has 23 heavy (non-hydrogen) atoms. The summed E-state index contributed by atoms with van der Waals surface area (Å²) in [4.78, 5) is 21.2. The summed E-state index contributed by atoms with van der Waals surface area (Å²) in [5.41, 5.74) is 0. The van der Waals surface area contributed by atoms with Crippen LogP contribution in [0.2, 0.25) is 0 Å². The molecule has 0 spiro atoms. The van der Waals surface area contributed by atoms with Crippen molar-refractivity contribution in [1.82, 2.24) is 0 Å². The zero-order valence-electron chi connectivity index (χ0n) is 14.1. The van der Waals surface area contributed by atoms with E-state index < -0.39 is 12.1 Å². The largest absolute Gasteiger partial charge is 0.481 e. The van der Waals surface area contributed by atoms with Crippen LogP contribution in [-0.2, 0) is 14.3 Å². The third-order valence-electron chi connectivity index (χ3n) is 2.89. The minimum absolute atomic E-state index is 0.0843. The summed E-state index contributed by atoms with van der Waals surface area (Å²) in [7, 11) is 0. The van der Waals surface area contributed by atoms with E-state index in [4.69, 9.17) is 25.2 Å². The molecule has 7 nitrogen and oxygen atoms in total. The number of hydrogen-bond donors (Lipinski definition) is 4. The summed E-state index contributed by atoms with van der Waals surface area (Å²) >= 11 is 0. The zero-order chi connectivity index (χ0) is 17.9. The number of ether oxygens (including phenoxy) is 1. The molecule has 7 heteroatoms. The van der Waals surface area contributed by atoms with Crippen LogP contribution in [0.15, 0.2) is 0 Å². The molecule has 0 rings (SSSR count). The van der Waals surface area contributed by atoms with E-state index in [0.717, 1.165) is 25.7 Å². The fourth-order valence-corrected chi connectivity index (χ4v) is 1.54. The maximum absolute atomic E-state index is 11.0. The lowest BCUT2D eigenvalue weighted by molar-refractivity contribution is -0.144. The Morgan fingerprint density at radius 2 is 1.43 bits per heavy atom. The van der Waals surface area contributed by atoms with Gasteiger partial charge < -0.3 is 25.2 Å². The summed E-state index contributed by atoms with van der Waals surface area (Å²) < 4.78 is 4.81. The fraction of sp³-hybridized carbons (Fsp3) is 0.875. The van der Waals surface area contributed by atoms with E-state index in [-0.39, 0.29) is 38.6 Å².